The molecule has 3 rings (SSSR count). The van der Waals surface area contributed by atoms with Gasteiger partial charge in [0.2, 0.25) is 5.95 Å². The van der Waals surface area contributed by atoms with Gasteiger partial charge in [-0.05, 0) is 26.0 Å². The van der Waals surface area contributed by atoms with Crippen LogP contribution in [0.3, 0.4) is 0 Å². The van der Waals surface area contributed by atoms with Crippen molar-refractivity contribution in [3.63, 3.8) is 0 Å². The van der Waals surface area contributed by atoms with Crippen molar-refractivity contribution in [1.82, 2.24) is 20.1 Å². The number of anilines is 1. The van der Waals surface area contributed by atoms with E-state index in [1.54, 1.807) is 13.0 Å². The molecule has 0 saturated heterocycles. The zero-order valence-corrected chi connectivity index (χ0v) is 17.8. The second-order valence-electron chi connectivity index (χ2n) is 9.18. The van der Waals surface area contributed by atoms with Crippen LogP contribution in [-0.4, -0.2) is 26.0 Å². The minimum atomic E-state index is -0.312. The van der Waals surface area contributed by atoms with Crippen molar-refractivity contribution in [1.29, 1.82) is 0 Å². The average molecular weight is 381 g/mol. The predicted molar refractivity (Wildman–Crippen MR) is 109 cm³/mol. The Balaban J connectivity index is 2.07. The number of carbonyl (C=O) groups is 1. The van der Waals surface area contributed by atoms with Crippen LogP contribution in [0.25, 0.3) is 11.1 Å². The highest BCUT2D eigenvalue weighted by molar-refractivity contribution is 6.11. The summed E-state index contributed by atoms with van der Waals surface area (Å²) >= 11 is 0. The fourth-order valence-corrected chi connectivity index (χ4v) is 2.84. The highest BCUT2D eigenvalue weighted by Gasteiger charge is 2.25. The maximum absolute atomic E-state index is 13.1. The summed E-state index contributed by atoms with van der Waals surface area (Å²) in [6.45, 7) is 16.1. The Morgan fingerprint density at radius 2 is 1.50 bits per heavy atom. The first-order valence-electron chi connectivity index (χ1n) is 9.31. The van der Waals surface area contributed by atoms with E-state index in [1.807, 2.05) is 13.0 Å². The van der Waals surface area contributed by atoms with Crippen LogP contribution in [0.5, 0.6) is 0 Å². The van der Waals surface area contributed by atoms with Crippen LogP contribution >= 0.6 is 0 Å². The van der Waals surface area contributed by atoms with Gasteiger partial charge >= 0.3 is 0 Å². The van der Waals surface area contributed by atoms with Crippen molar-refractivity contribution in [3.8, 4) is 0 Å². The normalized spacial score (nSPS) is 12.4. The maximum Gasteiger partial charge on any atom is 0.258 e. The van der Waals surface area contributed by atoms with Gasteiger partial charge in [0, 0.05) is 16.5 Å². The minimum Gasteiger partial charge on any atom is -0.336 e. The number of rotatable bonds is 2. The number of hydrogen-bond donors (Lipinski definition) is 1. The van der Waals surface area contributed by atoms with Crippen LogP contribution in [0, 0.1) is 13.8 Å². The first-order valence-corrected chi connectivity index (χ1v) is 9.31. The zero-order chi connectivity index (χ0) is 20.9. The van der Waals surface area contributed by atoms with E-state index in [9.17, 15) is 4.79 Å². The molecule has 0 spiro atoms. The fraction of sp³-hybridized carbons (Fsp3) is 0.476. The van der Waals surface area contributed by atoms with Gasteiger partial charge in [-0.15, -0.1) is 0 Å². The van der Waals surface area contributed by atoms with Gasteiger partial charge in [-0.25, -0.2) is 15.0 Å². The summed E-state index contributed by atoms with van der Waals surface area (Å²) in [6.07, 6.45) is 0. The Morgan fingerprint density at radius 1 is 0.929 bits per heavy atom. The second-order valence-corrected chi connectivity index (χ2v) is 9.18. The average Bonchev–Trinajstić information content (AvgIpc) is 2.93. The number of hydrogen-bond acceptors (Lipinski definition) is 6. The Hall–Kier alpha value is -2.83. The summed E-state index contributed by atoms with van der Waals surface area (Å²) in [4.78, 5) is 26.6. The molecule has 0 radical (unpaired) electrons. The third kappa shape index (κ3) is 3.88. The Labute approximate surface area is 165 Å². The molecule has 0 unspecified atom stereocenters. The molecule has 28 heavy (non-hydrogen) atoms. The number of pyridine rings is 1. The zero-order valence-electron chi connectivity index (χ0n) is 17.8. The number of nitrogens with one attached hydrogen (secondary N) is 1. The number of aryl methyl sites for hydroxylation is 2. The van der Waals surface area contributed by atoms with Crippen molar-refractivity contribution >= 4 is 23.0 Å². The van der Waals surface area contributed by atoms with Gasteiger partial charge in [0.1, 0.15) is 0 Å². The van der Waals surface area contributed by atoms with E-state index in [1.165, 1.54) is 0 Å². The minimum absolute atomic E-state index is 0.173. The quantitative estimate of drug-likeness (QED) is 0.703. The lowest BCUT2D eigenvalue weighted by Gasteiger charge is -2.24. The number of carbonyl (C=O) groups excluding carboxylic acids is 1. The van der Waals surface area contributed by atoms with Crippen LogP contribution in [0.1, 0.15) is 74.7 Å². The fourth-order valence-electron chi connectivity index (χ4n) is 2.84. The van der Waals surface area contributed by atoms with E-state index >= 15 is 0 Å². The van der Waals surface area contributed by atoms with Crippen LogP contribution in [0.2, 0.25) is 0 Å². The van der Waals surface area contributed by atoms with E-state index in [0.29, 0.717) is 34.0 Å². The van der Waals surface area contributed by atoms with Crippen molar-refractivity contribution in [2.24, 2.45) is 0 Å². The Morgan fingerprint density at radius 3 is 2.04 bits per heavy atom. The molecular weight excluding hydrogens is 354 g/mol. The largest absolute Gasteiger partial charge is 0.336 e. The first kappa shape index (κ1) is 19.9. The van der Waals surface area contributed by atoms with Gasteiger partial charge < -0.3 is 4.52 Å². The summed E-state index contributed by atoms with van der Waals surface area (Å²) in [5, 5.41) is 7.40. The Bertz CT molecular complexity index is 1020. The van der Waals surface area contributed by atoms with Crippen LogP contribution < -0.4 is 5.32 Å². The van der Waals surface area contributed by atoms with Gasteiger partial charge in [-0.1, -0.05) is 46.7 Å². The lowest BCUT2D eigenvalue weighted by atomic mass is 9.87. The number of fused-ring (bicyclic) bond motifs is 1. The topological polar surface area (TPSA) is 93.8 Å². The van der Waals surface area contributed by atoms with Crippen molar-refractivity contribution in [3.05, 3.63) is 40.5 Å². The number of amides is 1. The van der Waals surface area contributed by atoms with Crippen LogP contribution in [-0.2, 0) is 10.8 Å². The van der Waals surface area contributed by atoms with Gasteiger partial charge in [0.25, 0.3) is 11.6 Å². The molecule has 0 aliphatic rings. The molecular formula is C21H27N5O2. The third-order valence-electron chi connectivity index (χ3n) is 4.48. The maximum atomic E-state index is 13.1. The molecule has 3 heterocycles. The lowest BCUT2D eigenvalue weighted by Crippen LogP contribution is -2.23. The van der Waals surface area contributed by atoms with Crippen molar-refractivity contribution in [2.45, 2.75) is 66.2 Å². The number of aromatic nitrogens is 4. The van der Waals surface area contributed by atoms with Crippen LogP contribution in [0.4, 0.5) is 5.95 Å². The van der Waals surface area contributed by atoms with E-state index in [2.05, 4.69) is 67.0 Å². The molecule has 0 bridgehead atoms. The Kier molecular flexibility index (Phi) is 4.73. The van der Waals surface area contributed by atoms with Crippen LogP contribution in [0.15, 0.2) is 16.7 Å². The molecule has 0 atom stereocenters. The molecule has 0 aromatic carbocycles. The van der Waals surface area contributed by atoms with Gasteiger partial charge in [-0.3, -0.25) is 10.1 Å². The molecule has 0 aliphatic carbocycles. The monoisotopic (exact) mass is 381 g/mol. The molecule has 7 nitrogen and oxygen atoms in total. The molecule has 148 valence electrons. The summed E-state index contributed by atoms with van der Waals surface area (Å²) < 4.78 is 5.23. The summed E-state index contributed by atoms with van der Waals surface area (Å²) in [5.74, 6) is -0.0215. The molecule has 1 N–H and O–H groups in total. The lowest BCUT2D eigenvalue weighted by molar-refractivity contribution is 0.102. The standard InChI is InChI=1S/C21H27N5O2/c1-11-9-13(16-12(2)26-28-18(16)22-11)17(27)25-19-23-14(20(3,4)5)10-15(24-19)21(6,7)8/h9-10H,1-8H3,(H,23,24,25,27). The molecule has 3 aromatic rings. The molecule has 7 heteroatoms. The van der Waals surface area contributed by atoms with E-state index in [4.69, 9.17) is 4.52 Å². The van der Waals surface area contributed by atoms with Gasteiger partial charge in [0.05, 0.1) is 28.0 Å². The highest BCUT2D eigenvalue weighted by Crippen LogP contribution is 2.28. The molecule has 1 amide bonds. The molecule has 3 aromatic heterocycles. The van der Waals surface area contributed by atoms with E-state index < -0.39 is 0 Å². The predicted octanol–water partition coefficient (Wildman–Crippen LogP) is 4.48. The van der Waals surface area contributed by atoms with Gasteiger partial charge in [-0.2, -0.15) is 0 Å². The summed E-state index contributed by atoms with van der Waals surface area (Å²) in [5.41, 5.74) is 3.49. The van der Waals surface area contributed by atoms with Crippen molar-refractivity contribution in [2.75, 3.05) is 5.32 Å². The smallest absolute Gasteiger partial charge is 0.258 e. The van der Waals surface area contributed by atoms with E-state index in [-0.39, 0.29) is 16.7 Å². The van der Waals surface area contributed by atoms with Gasteiger partial charge in [0.15, 0.2) is 0 Å². The van der Waals surface area contributed by atoms with Crippen molar-refractivity contribution < 1.29 is 9.32 Å². The molecule has 0 fully saturated rings. The number of nitrogens with zero attached hydrogens (tertiary/aromatic N) is 4. The van der Waals surface area contributed by atoms with E-state index in [0.717, 1.165) is 11.4 Å². The SMILES string of the molecule is Cc1cc(C(=O)Nc2nc(C(C)(C)C)cc(C(C)(C)C)n2)c2c(C)noc2n1. The molecule has 0 saturated carbocycles. The highest BCUT2D eigenvalue weighted by atomic mass is 16.5. The first-order chi connectivity index (χ1) is 12.9. The summed E-state index contributed by atoms with van der Waals surface area (Å²) in [6, 6.07) is 3.73. The molecule has 0 aliphatic heterocycles. The summed E-state index contributed by atoms with van der Waals surface area (Å²) in [7, 11) is 0. The second kappa shape index (κ2) is 6.65. The third-order valence-corrected chi connectivity index (χ3v) is 4.48.